The first-order valence-electron chi connectivity index (χ1n) is 2.79. The summed E-state index contributed by atoms with van der Waals surface area (Å²) in [5, 5.41) is 8.43. The van der Waals surface area contributed by atoms with Crippen molar-refractivity contribution in [1.29, 1.82) is 5.26 Å². The molecule has 0 aromatic carbocycles. The van der Waals surface area contributed by atoms with Crippen LogP contribution in [0.1, 0.15) is 16.1 Å². The van der Waals surface area contributed by atoms with Crippen LogP contribution in [0.2, 0.25) is 0 Å². The Labute approximate surface area is 71.8 Å². The molecule has 1 heterocycles. The predicted octanol–water partition coefficient (Wildman–Crippen LogP) is 1.53. The van der Waals surface area contributed by atoms with Crippen molar-refractivity contribution in [2.75, 3.05) is 0 Å². The second kappa shape index (κ2) is 3.26. The van der Waals surface area contributed by atoms with Gasteiger partial charge in [-0.3, -0.25) is 4.79 Å². The number of aromatic nitrogens is 1. The van der Waals surface area contributed by atoms with Crippen LogP contribution >= 0.6 is 15.9 Å². The highest BCUT2D eigenvalue weighted by Crippen LogP contribution is 2.09. The maximum Gasteiger partial charge on any atom is 0.150 e. The Morgan fingerprint density at radius 1 is 1.64 bits per heavy atom. The number of hydrogen-bond acceptors (Lipinski definition) is 3. The first kappa shape index (κ1) is 7.89. The standard InChI is InChI=1S/C7H3BrN2O/c8-7-2-5(4-11)1-6(3-9)10-7/h1-2,4H. The van der Waals surface area contributed by atoms with Crippen LogP contribution in [-0.4, -0.2) is 11.3 Å². The Kier molecular flexibility index (Phi) is 2.34. The Bertz CT molecular complexity index is 330. The van der Waals surface area contributed by atoms with Gasteiger partial charge in [-0.05, 0) is 28.1 Å². The van der Waals surface area contributed by atoms with E-state index < -0.39 is 0 Å². The van der Waals surface area contributed by atoms with Gasteiger partial charge in [-0.1, -0.05) is 0 Å². The summed E-state index contributed by atoms with van der Waals surface area (Å²) in [7, 11) is 0. The molecule has 4 heteroatoms. The average Bonchev–Trinajstić information content (AvgIpc) is 2.03. The first-order valence-corrected chi connectivity index (χ1v) is 3.58. The van der Waals surface area contributed by atoms with E-state index in [1.165, 1.54) is 6.07 Å². The molecular weight excluding hydrogens is 208 g/mol. The SMILES string of the molecule is N#Cc1cc(C=O)cc(Br)n1. The van der Waals surface area contributed by atoms with E-state index in [1.54, 1.807) is 6.07 Å². The molecule has 0 bridgehead atoms. The highest BCUT2D eigenvalue weighted by molar-refractivity contribution is 9.10. The number of pyridine rings is 1. The summed E-state index contributed by atoms with van der Waals surface area (Å²) in [6, 6.07) is 4.82. The fourth-order valence-corrected chi connectivity index (χ4v) is 1.10. The molecule has 0 saturated carbocycles. The van der Waals surface area contributed by atoms with Crippen molar-refractivity contribution >= 4 is 22.2 Å². The lowest BCUT2D eigenvalue weighted by Crippen LogP contribution is -1.87. The van der Waals surface area contributed by atoms with E-state index in [1.807, 2.05) is 6.07 Å². The van der Waals surface area contributed by atoms with Gasteiger partial charge in [0, 0.05) is 5.56 Å². The van der Waals surface area contributed by atoms with Gasteiger partial charge in [0.2, 0.25) is 0 Å². The molecule has 0 fully saturated rings. The van der Waals surface area contributed by atoms with Crippen molar-refractivity contribution in [2.45, 2.75) is 0 Å². The molecular formula is C7H3BrN2O. The summed E-state index contributed by atoms with van der Waals surface area (Å²) in [4.78, 5) is 14.1. The van der Waals surface area contributed by atoms with E-state index in [9.17, 15) is 4.79 Å². The van der Waals surface area contributed by atoms with Crippen LogP contribution in [0.3, 0.4) is 0 Å². The van der Waals surface area contributed by atoms with Crippen LogP contribution in [-0.2, 0) is 0 Å². The van der Waals surface area contributed by atoms with E-state index in [0.29, 0.717) is 16.5 Å². The summed E-state index contributed by atoms with van der Waals surface area (Å²) in [5.41, 5.74) is 0.685. The summed E-state index contributed by atoms with van der Waals surface area (Å²) in [5.74, 6) is 0. The number of hydrogen-bond donors (Lipinski definition) is 0. The molecule has 0 aliphatic carbocycles. The van der Waals surface area contributed by atoms with Gasteiger partial charge in [0.05, 0.1) is 0 Å². The number of nitriles is 1. The zero-order valence-electron chi connectivity index (χ0n) is 5.41. The molecule has 11 heavy (non-hydrogen) atoms. The van der Waals surface area contributed by atoms with Gasteiger partial charge in [0.25, 0.3) is 0 Å². The molecule has 1 rings (SSSR count). The average molecular weight is 211 g/mol. The van der Waals surface area contributed by atoms with E-state index >= 15 is 0 Å². The van der Waals surface area contributed by atoms with E-state index in [0.717, 1.165) is 0 Å². The van der Waals surface area contributed by atoms with Crippen molar-refractivity contribution in [3.05, 3.63) is 28.0 Å². The fourth-order valence-electron chi connectivity index (χ4n) is 0.642. The normalized spacial score (nSPS) is 8.73. The van der Waals surface area contributed by atoms with Gasteiger partial charge in [-0.2, -0.15) is 5.26 Å². The van der Waals surface area contributed by atoms with Crippen LogP contribution in [0.15, 0.2) is 16.7 Å². The van der Waals surface area contributed by atoms with E-state index in [-0.39, 0.29) is 5.69 Å². The van der Waals surface area contributed by atoms with E-state index in [2.05, 4.69) is 20.9 Å². The van der Waals surface area contributed by atoms with Gasteiger partial charge < -0.3 is 0 Å². The number of aldehydes is 1. The molecule has 0 aliphatic heterocycles. The first-order chi connectivity index (χ1) is 5.26. The molecule has 0 saturated heterocycles. The maximum absolute atomic E-state index is 10.3. The lowest BCUT2D eigenvalue weighted by molar-refractivity contribution is 0.112. The smallest absolute Gasteiger partial charge is 0.150 e. The molecule has 54 valence electrons. The monoisotopic (exact) mass is 210 g/mol. The summed E-state index contributed by atoms with van der Waals surface area (Å²) < 4.78 is 0.499. The zero-order valence-corrected chi connectivity index (χ0v) is 7.00. The molecule has 0 spiro atoms. The molecule has 0 amide bonds. The Morgan fingerprint density at radius 3 is 2.91 bits per heavy atom. The van der Waals surface area contributed by atoms with Crippen molar-refractivity contribution in [1.82, 2.24) is 4.98 Å². The lowest BCUT2D eigenvalue weighted by Gasteiger charge is -1.92. The number of carbonyl (C=O) groups is 1. The molecule has 0 radical (unpaired) electrons. The van der Waals surface area contributed by atoms with Gasteiger partial charge in [-0.15, -0.1) is 0 Å². The Balaban J connectivity index is 3.25. The molecule has 0 atom stereocenters. The van der Waals surface area contributed by atoms with Crippen molar-refractivity contribution in [2.24, 2.45) is 0 Å². The number of halogens is 1. The largest absolute Gasteiger partial charge is 0.298 e. The zero-order chi connectivity index (χ0) is 8.27. The molecule has 1 aromatic rings. The second-order valence-electron chi connectivity index (χ2n) is 1.84. The third-order valence-electron chi connectivity index (χ3n) is 1.07. The Morgan fingerprint density at radius 2 is 2.36 bits per heavy atom. The molecule has 0 aliphatic rings. The molecule has 0 N–H and O–H groups in total. The minimum Gasteiger partial charge on any atom is -0.298 e. The third-order valence-corrected chi connectivity index (χ3v) is 1.47. The molecule has 1 aromatic heterocycles. The van der Waals surface area contributed by atoms with Crippen LogP contribution in [0.25, 0.3) is 0 Å². The summed E-state index contributed by atoms with van der Waals surface area (Å²) >= 11 is 3.07. The third kappa shape index (κ3) is 1.85. The van der Waals surface area contributed by atoms with Crippen molar-refractivity contribution in [3.63, 3.8) is 0 Å². The van der Waals surface area contributed by atoms with Gasteiger partial charge in [-0.25, -0.2) is 4.98 Å². The van der Waals surface area contributed by atoms with Crippen LogP contribution in [0.4, 0.5) is 0 Å². The van der Waals surface area contributed by atoms with Gasteiger partial charge in [0.1, 0.15) is 22.7 Å². The molecule has 3 nitrogen and oxygen atoms in total. The quantitative estimate of drug-likeness (QED) is 0.522. The van der Waals surface area contributed by atoms with Gasteiger partial charge in [0.15, 0.2) is 0 Å². The van der Waals surface area contributed by atoms with Gasteiger partial charge >= 0.3 is 0 Å². The highest BCUT2D eigenvalue weighted by atomic mass is 79.9. The number of rotatable bonds is 1. The van der Waals surface area contributed by atoms with E-state index in [4.69, 9.17) is 5.26 Å². The second-order valence-corrected chi connectivity index (χ2v) is 2.65. The molecule has 0 unspecified atom stereocenters. The number of nitrogens with zero attached hydrogens (tertiary/aromatic N) is 2. The minimum absolute atomic E-state index is 0.237. The van der Waals surface area contributed by atoms with Crippen LogP contribution in [0, 0.1) is 11.3 Å². The highest BCUT2D eigenvalue weighted by Gasteiger charge is 1.97. The summed E-state index contributed by atoms with van der Waals surface area (Å²) in [6.07, 6.45) is 0.674. The van der Waals surface area contributed by atoms with Crippen LogP contribution in [0.5, 0.6) is 0 Å². The number of carbonyl (C=O) groups excluding carboxylic acids is 1. The minimum atomic E-state index is 0.237. The topological polar surface area (TPSA) is 53.8 Å². The fraction of sp³-hybridized carbons (Fsp3) is 0. The maximum atomic E-state index is 10.3. The summed E-state index contributed by atoms with van der Waals surface area (Å²) in [6.45, 7) is 0. The van der Waals surface area contributed by atoms with Crippen molar-refractivity contribution in [3.8, 4) is 6.07 Å². The Hall–Kier alpha value is -1.21. The lowest BCUT2D eigenvalue weighted by atomic mass is 10.2. The van der Waals surface area contributed by atoms with Crippen LogP contribution < -0.4 is 0 Å². The van der Waals surface area contributed by atoms with Crippen molar-refractivity contribution < 1.29 is 4.79 Å². The predicted molar refractivity (Wildman–Crippen MR) is 42.0 cm³/mol.